The Morgan fingerprint density at radius 1 is 1.23 bits per heavy atom. The fourth-order valence-corrected chi connectivity index (χ4v) is 4.07. The second-order valence-corrected chi connectivity index (χ2v) is 8.04. The number of halogens is 2. The molecule has 0 saturated heterocycles. The van der Waals surface area contributed by atoms with Crippen LogP contribution >= 0.6 is 0 Å². The van der Waals surface area contributed by atoms with E-state index < -0.39 is 23.7 Å². The number of carbonyl (C=O) groups is 1. The standard InChI is InChI=1S/C23H30F2N4O/c1-3-15-9-19-21(27-12-15)5-4-6-22(19)28-13-20(26)23(29-14(2)30)10-16-7-17(24)11-18(25)8-16/h7-9,11-12,20,22-23,28H,3-6,10,13,26H2,1-2H3,(H,29,30). The fraction of sp³-hybridized carbons (Fsp3) is 0.478. The number of nitrogens with two attached hydrogens (primary N) is 1. The van der Waals surface area contributed by atoms with Gasteiger partial charge in [0.05, 0.1) is 0 Å². The van der Waals surface area contributed by atoms with Crippen molar-refractivity contribution in [2.24, 2.45) is 5.73 Å². The average Bonchev–Trinajstić information content (AvgIpc) is 2.70. The van der Waals surface area contributed by atoms with Crippen LogP contribution in [0, 0.1) is 11.6 Å². The lowest BCUT2D eigenvalue weighted by molar-refractivity contribution is -0.119. The quantitative estimate of drug-likeness (QED) is 0.618. The van der Waals surface area contributed by atoms with Crippen molar-refractivity contribution in [1.29, 1.82) is 0 Å². The van der Waals surface area contributed by atoms with Crippen molar-refractivity contribution in [3.8, 4) is 0 Å². The van der Waals surface area contributed by atoms with E-state index in [1.54, 1.807) is 0 Å². The van der Waals surface area contributed by atoms with E-state index in [1.807, 2.05) is 6.20 Å². The number of nitrogens with one attached hydrogen (secondary N) is 2. The Morgan fingerprint density at radius 3 is 2.63 bits per heavy atom. The molecule has 2 aromatic rings. The van der Waals surface area contributed by atoms with Crippen LogP contribution in [0.15, 0.2) is 30.5 Å². The molecule has 7 heteroatoms. The Bertz CT molecular complexity index is 869. The normalized spacial score (nSPS) is 17.8. The van der Waals surface area contributed by atoms with Gasteiger partial charge in [0.25, 0.3) is 0 Å². The number of aromatic nitrogens is 1. The number of hydrogen-bond acceptors (Lipinski definition) is 4. The maximum atomic E-state index is 13.6. The number of hydrogen-bond donors (Lipinski definition) is 3. The molecule has 3 rings (SSSR count). The van der Waals surface area contributed by atoms with E-state index in [9.17, 15) is 13.6 Å². The molecule has 0 spiro atoms. The summed E-state index contributed by atoms with van der Waals surface area (Å²) in [5, 5.41) is 6.36. The average molecular weight is 417 g/mol. The first-order valence-electron chi connectivity index (χ1n) is 10.5. The minimum Gasteiger partial charge on any atom is -0.352 e. The largest absolute Gasteiger partial charge is 0.352 e. The number of fused-ring (bicyclic) bond motifs is 1. The molecule has 0 aliphatic heterocycles. The molecule has 1 aromatic carbocycles. The van der Waals surface area contributed by atoms with E-state index in [4.69, 9.17) is 5.73 Å². The second-order valence-electron chi connectivity index (χ2n) is 8.04. The number of amides is 1. The van der Waals surface area contributed by atoms with Crippen LogP contribution in [0.25, 0.3) is 0 Å². The molecule has 0 saturated carbocycles. The molecule has 3 atom stereocenters. The van der Waals surface area contributed by atoms with Crippen molar-refractivity contribution in [2.45, 2.75) is 64.1 Å². The second kappa shape index (κ2) is 10.1. The van der Waals surface area contributed by atoms with Crippen molar-refractivity contribution in [3.63, 3.8) is 0 Å². The third kappa shape index (κ3) is 5.83. The van der Waals surface area contributed by atoms with Crippen LogP contribution in [0.5, 0.6) is 0 Å². The van der Waals surface area contributed by atoms with Gasteiger partial charge in [-0.25, -0.2) is 8.78 Å². The lowest BCUT2D eigenvalue weighted by Gasteiger charge is -2.30. The topological polar surface area (TPSA) is 80.0 Å². The monoisotopic (exact) mass is 416 g/mol. The molecule has 4 N–H and O–H groups in total. The van der Waals surface area contributed by atoms with Gasteiger partial charge in [-0.15, -0.1) is 0 Å². The van der Waals surface area contributed by atoms with Crippen molar-refractivity contribution in [3.05, 3.63) is 64.5 Å². The van der Waals surface area contributed by atoms with Gasteiger partial charge >= 0.3 is 0 Å². The highest BCUT2D eigenvalue weighted by molar-refractivity contribution is 5.73. The molecule has 1 aromatic heterocycles. The van der Waals surface area contributed by atoms with Crippen LogP contribution in [0.2, 0.25) is 0 Å². The first-order chi connectivity index (χ1) is 14.4. The minimum atomic E-state index is -0.642. The Labute approximate surface area is 176 Å². The summed E-state index contributed by atoms with van der Waals surface area (Å²) in [7, 11) is 0. The van der Waals surface area contributed by atoms with Crippen molar-refractivity contribution >= 4 is 5.91 Å². The lowest BCUT2D eigenvalue weighted by atomic mass is 9.89. The molecule has 0 fully saturated rings. The maximum Gasteiger partial charge on any atom is 0.217 e. The van der Waals surface area contributed by atoms with E-state index in [0.29, 0.717) is 12.1 Å². The number of pyridine rings is 1. The predicted octanol–water partition coefficient (Wildman–Crippen LogP) is 2.96. The van der Waals surface area contributed by atoms with Crippen LogP contribution in [0.3, 0.4) is 0 Å². The molecule has 5 nitrogen and oxygen atoms in total. The summed E-state index contributed by atoms with van der Waals surface area (Å²) in [4.78, 5) is 16.3. The number of benzene rings is 1. The molecule has 0 bridgehead atoms. The highest BCUT2D eigenvalue weighted by atomic mass is 19.1. The predicted molar refractivity (Wildman–Crippen MR) is 113 cm³/mol. The van der Waals surface area contributed by atoms with Gasteiger partial charge in [0.1, 0.15) is 11.6 Å². The number of nitrogens with zero attached hydrogens (tertiary/aromatic N) is 1. The Morgan fingerprint density at radius 2 is 1.97 bits per heavy atom. The van der Waals surface area contributed by atoms with Gasteiger partial charge in [0.2, 0.25) is 5.91 Å². The minimum absolute atomic E-state index is 0.156. The fourth-order valence-electron chi connectivity index (χ4n) is 4.07. The van der Waals surface area contributed by atoms with Crippen molar-refractivity contribution < 1.29 is 13.6 Å². The summed E-state index contributed by atoms with van der Waals surface area (Å²) in [5.41, 5.74) is 10.4. The summed E-state index contributed by atoms with van der Waals surface area (Å²) in [6, 6.07) is 4.87. The van der Waals surface area contributed by atoms with Crippen LogP contribution < -0.4 is 16.4 Å². The van der Waals surface area contributed by atoms with Gasteiger partial charge in [0, 0.05) is 49.6 Å². The van der Waals surface area contributed by atoms with E-state index in [-0.39, 0.29) is 18.4 Å². The Hall–Kier alpha value is -2.38. The number of aryl methyl sites for hydroxylation is 2. The molecule has 30 heavy (non-hydrogen) atoms. The van der Waals surface area contributed by atoms with Crippen LogP contribution in [-0.2, 0) is 24.1 Å². The molecule has 0 radical (unpaired) electrons. The van der Waals surface area contributed by atoms with Crippen molar-refractivity contribution in [1.82, 2.24) is 15.6 Å². The van der Waals surface area contributed by atoms with E-state index in [2.05, 4.69) is 28.6 Å². The number of rotatable bonds is 8. The summed E-state index contributed by atoms with van der Waals surface area (Å²) < 4.78 is 27.1. The first-order valence-corrected chi connectivity index (χ1v) is 10.5. The SMILES string of the molecule is CCc1cnc2c(c1)C(NCC(N)C(Cc1cc(F)cc(F)c1)NC(C)=O)CCC2. The summed E-state index contributed by atoms with van der Waals surface area (Å²) in [6.07, 6.45) is 6.15. The first kappa shape index (κ1) is 22.3. The molecule has 1 heterocycles. The Balaban J connectivity index is 1.69. The zero-order valence-corrected chi connectivity index (χ0v) is 17.6. The van der Waals surface area contributed by atoms with Gasteiger partial charge in [-0.2, -0.15) is 0 Å². The molecule has 1 aliphatic carbocycles. The third-order valence-corrected chi connectivity index (χ3v) is 5.63. The number of carbonyl (C=O) groups excluding carboxylic acids is 1. The lowest BCUT2D eigenvalue weighted by Crippen LogP contribution is -2.53. The van der Waals surface area contributed by atoms with Crippen LogP contribution in [0.1, 0.15) is 55.1 Å². The van der Waals surface area contributed by atoms with Crippen molar-refractivity contribution in [2.75, 3.05) is 6.54 Å². The van der Waals surface area contributed by atoms with E-state index in [0.717, 1.165) is 37.4 Å². The van der Waals surface area contributed by atoms with E-state index in [1.165, 1.54) is 30.2 Å². The molecule has 1 aliphatic rings. The summed E-state index contributed by atoms with van der Waals surface area (Å²) in [6.45, 7) is 3.98. The van der Waals surface area contributed by atoms with Gasteiger partial charge < -0.3 is 16.4 Å². The molecule has 1 amide bonds. The third-order valence-electron chi connectivity index (χ3n) is 5.63. The summed E-state index contributed by atoms with van der Waals surface area (Å²) >= 11 is 0. The zero-order valence-electron chi connectivity index (χ0n) is 17.6. The molecule has 162 valence electrons. The zero-order chi connectivity index (χ0) is 21.7. The van der Waals surface area contributed by atoms with Crippen LogP contribution in [0.4, 0.5) is 8.78 Å². The molecular formula is C23H30F2N4O. The van der Waals surface area contributed by atoms with E-state index >= 15 is 0 Å². The smallest absolute Gasteiger partial charge is 0.217 e. The van der Waals surface area contributed by atoms with Gasteiger partial charge in [-0.05, 0) is 60.9 Å². The van der Waals surface area contributed by atoms with Gasteiger partial charge in [0.15, 0.2) is 0 Å². The van der Waals surface area contributed by atoms with Gasteiger partial charge in [-0.3, -0.25) is 9.78 Å². The van der Waals surface area contributed by atoms with Gasteiger partial charge in [-0.1, -0.05) is 13.0 Å². The Kier molecular flexibility index (Phi) is 7.50. The molecule has 3 unspecified atom stereocenters. The van der Waals surface area contributed by atoms with Crippen LogP contribution in [-0.4, -0.2) is 29.5 Å². The molecular weight excluding hydrogens is 386 g/mol. The highest BCUT2D eigenvalue weighted by Crippen LogP contribution is 2.29. The maximum absolute atomic E-state index is 13.6. The summed E-state index contributed by atoms with van der Waals surface area (Å²) in [5.74, 6) is -1.51. The highest BCUT2D eigenvalue weighted by Gasteiger charge is 2.25.